The number of piperidine rings is 1. The number of nitrogens with zero attached hydrogens (tertiary/aromatic N) is 2. The summed E-state index contributed by atoms with van der Waals surface area (Å²) < 4.78 is 6.11. The van der Waals surface area contributed by atoms with Gasteiger partial charge >= 0.3 is 0 Å². The van der Waals surface area contributed by atoms with Crippen LogP contribution in [0.3, 0.4) is 0 Å². The maximum atomic E-state index is 6.11. The van der Waals surface area contributed by atoms with Gasteiger partial charge in [0.15, 0.2) is 6.61 Å². The third-order valence-electron chi connectivity index (χ3n) is 4.73. The summed E-state index contributed by atoms with van der Waals surface area (Å²) in [5.41, 5.74) is 5.96. The van der Waals surface area contributed by atoms with Crippen LogP contribution in [0.5, 0.6) is 0 Å². The standard InChI is InChI=1S/C15H27N3O2/c16-13-6-4-12(5-7-13)15-17-19-11-14(20-15)10-18-8-2-1-3-9-18/h12-14H,1-11,16H2/t12?,13?,14-/m1/s1. The highest BCUT2D eigenvalue weighted by atomic mass is 16.7. The topological polar surface area (TPSA) is 60.1 Å². The van der Waals surface area contributed by atoms with Gasteiger partial charge in [-0.3, -0.25) is 4.90 Å². The average Bonchev–Trinajstić information content (AvgIpc) is 2.49. The lowest BCUT2D eigenvalue weighted by Gasteiger charge is -2.34. The van der Waals surface area contributed by atoms with E-state index in [1.165, 1.54) is 32.4 Å². The van der Waals surface area contributed by atoms with Crippen molar-refractivity contribution in [1.82, 2.24) is 4.90 Å². The van der Waals surface area contributed by atoms with E-state index in [2.05, 4.69) is 10.1 Å². The summed E-state index contributed by atoms with van der Waals surface area (Å²) in [4.78, 5) is 7.92. The summed E-state index contributed by atoms with van der Waals surface area (Å²) in [6, 6.07) is 0.362. The second-order valence-electron chi connectivity index (χ2n) is 6.44. The minimum absolute atomic E-state index is 0.149. The molecule has 20 heavy (non-hydrogen) atoms. The third kappa shape index (κ3) is 3.64. The van der Waals surface area contributed by atoms with Crippen molar-refractivity contribution in [2.24, 2.45) is 16.8 Å². The fourth-order valence-electron chi connectivity index (χ4n) is 3.47. The van der Waals surface area contributed by atoms with Gasteiger partial charge in [-0.15, -0.1) is 0 Å². The number of oxime groups is 1. The quantitative estimate of drug-likeness (QED) is 0.855. The Kier molecular flexibility index (Phi) is 4.78. The molecule has 2 heterocycles. The molecule has 1 saturated carbocycles. The highest BCUT2D eigenvalue weighted by molar-refractivity contribution is 5.78. The van der Waals surface area contributed by atoms with Crippen LogP contribution in [0.4, 0.5) is 0 Å². The molecule has 3 rings (SSSR count). The van der Waals surface area contributed by atoms with Gasteiger partial charge in [0.1, 0.15) is 6.10 Å². The van der Waals surface area contributed by atoms with Gasteiger partial charge in [0.2, 0.25) is 5.90 Å². The molecule has 0 radical (unpaired) electrons. The lowest BCUT2D eigenvalue weighted by molar-refractivity contribution is -0.0166. The number of hydrogen-bond donors (Lipinski definition) is 1. The van der Waals surface area contributed by atoms with Gasteiger partial charge in [-0.2, -0.15) is 0 Å². The molecule has 0 bridgehead atoms. The molecule has 5 heteroatoms. The number of likely N-dealkylation sites (tertiary alicyclic amines) is 1. The molecule has 0 aromatic heterocycles. The van der Waals surface area contributed by atoms with Gasteiger partial charge in [-0.05, 0) is 51.6 Å². The first-order chi connectivity index (χ1) is 9.81. The molecule has 1 aliphatic carbocycles. The van der Waals surface area contributed by atoms with Gasteiger partial charge in [-0.1, -0.05) is 11.6 Å². The van der Waals surface area contributed by atoms with Crippen molar-refractivity contribution < 1.29 is 9.57 Å². The maximum Gasteiger partial charge on any atom is 0.229 e. The van der Waals surface area contributed by atoms with Crippen molar-refractivity contribution in [2.75, 3.05) is 26.2 Å². The zero-order chi connectivity index (χ0) is 13.8. The molecule has 1 atom stereocenters. The number of rotatable bonds is 3. The molecule has 5 nitrogen and oxygen atoms in total. The molecule has 0 spiro atoms. The first-order valence-corrected chi connectivity index (χ1v) is 8.15. The van der Waals surface area contributed by atoms with Crippen LogP contribution in [0.1, 0.15) is 44.9 Å². The molecule has 0 unspecified atom stereocenters. The Labute approximate surface area is 121 Å². The Bertz CT molecular complexity index is 334. The lowest BCUT2D eigenvalue weighted by atomic mass is 9.86. The van der Waals surface area contributed by atoms with Crippen LogP contribution in [0.25, 0.3) is 0 Å². The molecule has 0 aromatic carbocycles. The second kappa shape index (κ2) is 6.76. The van der Waals surface area contributed by atoms with Crippen LogP contribution >= 0.6 is 0 Å². The van der Waals surface area contributed by atoms with Crippen molar-refractivity contribution in [3.8, 4) is 0 Å². The number of ether oxygens (including phenoxy) is 1. The molecular weight excluding hydrogens is 254 g/mol. The van der Waals surface area contributed by atoms with Gasteiger partial charge in [-0.25, -0.2) is 0 Å². The molecule has 0 aromatic rings. The summed E-state index contributed by atoms with van der Waals surface area (Å²) >= 11 is 0. The Hall–Kier alpha value is -0.810. The van der Waals surface area contributed by atoms with Crippen molar-refractivity contribution >= 4 is 5.90 Å². The van der Waals surface area contributed by atoms with E-state index in [9.17, 15) is 0 Å². The van der Waals surface area contributed by atoms with E-state index < -0.39 is 0 Å². The normalized spacial score (nSPS) is 35.9. The van der Waals surface area contributed by atoms with Crippen molar-refractivity contribution in [3.05, 3.63) is 0 Å². The summed E-state index contributed by atoms with van der Waals surface area (Å²) in [7, 11) is 0. The second-order valence-corrected chi connectivity index (χ2v) is 6.44. The smallest absolute Gasteiger partial charge is 0.229 e. The van der Waals surface area contributed by atoms with Crippen molar-refractivity contribution in [2.45, 2.75) is 57.1 Å². The fourth-order valence-corrected chi connectivity index (χ4v) is 3.47. The van der Waals surface area contributed by atoms with Crippen LogP contribution in [-0.4, -0.2) is 49.2 Å². The number of hydrogen-bond acceptors (Lipinski definition) is 5. The first-order valence-electron chi connectivity index (χ1n) is 8.15. The van der Waals surface area contributed by atoms with Gasteiger partial charge in [0.05, 0.1) is 0 Å². The van der Waals surface area contributed by atoms with E-state index >= 15 is 0 Å². The average molecular weight is 281 g/mol. The SMILES string of the molecule is NC1CCC(C2=NOC[C@@H](CN3CCCCC3)O2)CC1. The van der Waals surface area contributed by atoms with E-state index in [1.54, 1.807) is 0 Å². The van der Waals surface area contributed by atoms with Crippen LogP contribution in [-0.2, 0) is 9.57 Å². The monoisotopic (exact) mass is 281 g/mol. The van der Waals surface area contributed by atoms with Crippen molar-refractivity contribution in [3.63, 3.8) is 0 Å². The molecule has 2 fully saturated rings. The van der Waals surface area contributed by atoms with Crippen LogP contribution < -0.4 is 5.73 Å². The summed E-state index contributed by atoms with van der Waals surface area (Å²) in [6.45, 7) is 3.97. The molecular formula is C15H27N3O2. The third-order valence-corrected chi connectivity index (χ3v) is 4.73. The molecule has 3 aliphatic rings. The van der Waals surface area contributed by atoms with E-state index in [1.807, 2.05) is 0 Å². The highest BCUT2D eigenvalue weighted by Crippen LogP contribution is 2.27. The predicted molar refractivity (Wildman–Crippen MR) is 78.5 cm³/mol. The fraction of sp³-hybridized carbons (Fsp3) is 0.933. The maximum absolute atomic E-state index is 6.11. The zero-order valence-electron chi connectivity index (χ0n) is 12.3. The summed E-state index contributed by atoms with van der Waals surface area (Å²) in [5, 5.41) is 4.16. The summed E-state index contributed by atoms with van der Waals surface area (Å²) in [5.74, 6) is 1.24. The largest absolute Gasteiger partial charge is 0.470 e. The Morgan fingerprint density at radius 3 is 2.60 bits per heavy atom. The minimum atomic E-state index is 0.149. The van der Waals surface area contributed by atoms with Crippen LogP contribution in [0.15, 0.2) is 5.16 Å². The van der Waals surface area contributed by atoms with Crippen LogP contribution in [0, 0.1) is 5.92 Å². The molecule has 0 amide bonds. The van der Waals surface area contributed by atoms with Gasteiger partial charge in [0, 0.05) is 18.5 Å². The van der Waals surface area contributed by atoms with E-state index in [-0.39, 0.29) is 6.10 Å². The highest BCUT2D eigenvalue weighted by Gasteiger charge is 2.30. The molecule has 114 valence electrons. The van der Waals surface area contributed by atoms with E-state index in [0.717, 1.165) is 38.1 Å². The van der Waals surface area contributed by atoms with Gasteiger partial charge < -0.3 is 15.3 Å². The van der Waals surface area contributed by atoms with Crippen LogP contribution in [0.2, 0.25) is 0 Å². The van der Waals surface area contributed by atoms with E-state index in [0.29, 0.717) is 18.6 Å². The minimum Gasteiger partial charge on any atom is -0.470 e. The zero-order valence-corrected chi connectivity index (χ0v) is 12.3. The molecule has 2 aliphatic heterocycles. The molecule has 2 N–H and O–H groups in total. The molecule has 1 saturated heterocycles. The Morgan fingerprint density at radius 2 is 1.85 bits per heavy atom. The van der Waals surface area contributed by atoms with Crippen molar-refractivity contribution in [1.29, 1.82) is 0 Å². The summed E-state index contributed by atoms with van der Waals surface area (Å²) in [6.07, 6.45) is 8.46. The van der Waals surface area contributed by atoms with E-state index in [4.69, 9.17) is 15.3 Å². The predicted octanol–water partition coefficient (Wildman–Crippen LogP) is 1.72. The lowest BCUT2D eigenvalue weighted by Crippen LogP contribution is -2.43. The number of nitrogens with two attached hydrogens (primary N) is 1. The Balaban J connectivity index is 1.49. The van der Waals surface area contributed by atoms with Gasteiger partial charge in [0.25, 0.3) is 0 Å². The Morgan fingerprint density at radius 1 is 1.10 bits per heavy atom. The first kappa shape index (κ1) is 14.1.